The average molecular weight is 378 g/mol. The van der Waals surface area contributed by atoms with Crippen molar-refractivity contribution < 1.29 is 23.8 Å². The Morgan fingerprint density at radius 2 is 1.89 bits per heavy atom. The molecule has 1 N–H and O–H groups in total. The van der Waals surface area contributed by atoms with E-state index in [-0.39, 0.29) is 12.6 Å². The van der Waals surface area contributed by atoms with Gasteiger partial charge in [0.15, 0.2) is 6.61 Å². The van der Waals surface area contributed by atoms with Crippen molar-refractivity contribution in [1.82, 2.24) is 5.32 Å². The molecule has 0 spiro atoms. The summed E-state index contributed by atoms with van der Waals surface area (Å²) in [6, 6.07) is 16.0. The number of hydrogen-bond acceptors (Lipinski definition) is 6. The first-order valence-corrected chi connectivity index (χ1v) is 8.64. The molecule has 0 radical (unpaired) electrons. The zero-order valence-electron chi connectivity index (χ0n) is 15.0. The highest BCUT2D eigenvalue weighted by molar-refractivity contribution is 5.88. The lowest BCUT2D eigenvalue weighted by Gasteiger charge is -2.08. The molecule has 142 valence electrons. The van der Waals surface area contributed by atoms with Gasteiger partial charge in [-0.2, -0.15) is 5.26 Å². The molecule has 2 aromatic carbocycles. The quantitative estimate of drug-likeness (QED) is 0.452. The van der Waals surface area contributed by atoms with Crippen LogP contribution in [0.4, 0.5) is 4.79 Å². The number of hydrogen-bond donors (Lipinski definition) is 1. The summed E-state index contributed by atoms with van der Waals surface area (Å²) in [4.78, 5) is 23.0. The van der Waals surface area contributed by atoms with Crippen molar-refractivity contribution >= 4 is 18.1 Å². The summed E-state index contributed by atoms with van der Waals surface area (Å²) in [6.07, 6.45) is 3.22. The maximum Gasteiger partial charge on any atom is 0.407 e. The summed E-state index contributed by atoms with van der Waals surface area (Å²) in [5.74, 6) is 0.532. The fraction of sp³-hybridized carbons (Fsp3) is 0.190. The molecule has 1 fully saturated rings. The number of nitrogens with one attached hydrogen (secondary N) is 1. The zero-order valence-corrected chi connectivity index (χ0v) is 15.0. The third kappa shape index (κ3) is 5.61. The van der Waals surface area contributed by atoms with Crippen LogP contribution >= 0.6 is 0 Å². The Morgan fingerprint density at radius 1 is 1.18 bits per heavy atom. The molecular weight excluding hydrogens is 360 g/mol. The minimum Gasteiger partial charge on any atom is -0.479 e. The molecule has 0 aromatic heterocycles. The molecule has 2 aromatic rings. The monoisotopic (exact) mass is 378 g/mol. The normalized spacial score (nSPS) is 15.5. The van der Waals surface area contributed by atoms with Crippen LogP contribution in [0.25, 0.3) is 6.08 Å². The van der Waals surface area contributed by atoms with Gasteiger partial charge in [-0.1, -0.05) is 24.3 Å². The van der Waals surface area contributed by atoms with Gasteiger partial charge in [-0.3, -0.25) is 0 Å². The van der Waals surface area contributed by atoms with Crippen molar-refractivity contribution in [2.75, 3.05) is 13.2 Å². The van der Waals surface area contributed by atoms with Gasteiger partial charge in [0, 0.05) is 6.08 Å². The predicted molar refractivity (Wildman–Crippen MR) is 101 cm³/mol. The predicted octanol–water partition coefficient (Wildman–Crippen LogP) is 2.86. The van der Waals surface area contributed by atoms with E-state index in [0.29, 0.717) is 24.5 Å². The van der Waals surface area contributed by atoms with Crippen molar-refractivity contribution in [2.24, 2.45) is 0 Å². The molecule has 7 heteroatoms. The molecule has 1 aliphatic rings. The van der Waals surface area contributed by atoms with Gasteiger partial charge in [-0.25, -0.2) is 9.59 Å². The Hall–Kier alpha value is -3.79. The number of ether oxygens (including phenoxy) is 3. The van der Waals surface area contributed by atoms with E-state index in [1.165, 1.54) is 6.08 Å². The van der Waals surface area contributed by atoms with Crippen molar-refractivity contribution in [3.63, 3.8) is 0 Å². The number of rotatable bonds is 7. The van der Waals surface area contributed by atoms with E-state index < -0.39 is 12.1 Å². The Labute approximate surface area is 162 Å². The molecule has 1 amide bonds. The first kappa shape index (κ1) is 19.0. The van der Waals surface area contributed by atoms with E-state index in [1.54, 1.807) is 42.5 Å². The molecule has 0 saturated carbocycles. The molecule has 0 aliphatic carbocycles. The smallest absolute Gasteiger partial charge is 0.407 e. The third-order valence-electron chi connectivity index (χ3n) is 3.96. The van der Waals surface area contributed by atoms with Crippen molar-refractivity contribution in [2.45, 2.75) is 12.5 Å². The van der Waals surface area contributed by atoms with Crippen molar-refractivity contribution in [3.8, 4) is 17.6 Å². The van der Waals surface area contributed by atoms with E-state index in [9.17, 15) is 9.59 Å². The van der Waals surface area contributed by atoms with Crippen LogP contribution in [0.5, 0.6) is 11.5 Å². The zero-order chi connectivity index (χ0) is 19.8. The van der Waals surface area contributed by atoms with E-state index in [4.69, 9.17) is 19.5 Å². The molecule has 3 rings (SSSR count). The van der Waals surface area contributed by atoms with Crippen LogP contribution in [-0.2, 0) is 16.0 Å². The van der Waals surface area contributed by atoms with Crippen LogP contribution in [0.1, 0.15) is 11.1 Å². The Balaban J connectivity index is 1.49. The molecule has 0 unspecified atom stereocenters. The lowest BCUT2D eigenvalue weighted by Crippen LogP contribution is -2.28. The van der Waals surface area contributed by atoms with Gasteiger partial charge < -0.3 is 19.5 Å². The van der Waals surface area contributed by atoms with Gasteiger partial charge in [-0.15, -0.1) is 0 Å². The Kier molecular flexibility index (Phi) is 6.26. The number of carbonyl (C=O) groups is 2. The number of carbonyl (C=O) groups excluding carboxylic acids is 2. The van der Waals surface area contributed by atoms with Crippen molar-refractivity contribution in [1.29, 1.82) is 5.26 Å². The van der Waals surface area contributed by atoms with E-state index in [1.807, 2.05) is 18.2 Å². The summed E-state index contributed by atoms with van der Waals surface area (Å²) >= 11 is 0. The number of amides is 1. The minimum atomic E-state index is -0.492. The fourth-order valence-corrected chi connectivity index (χ4v) is 2.62. The highest BCUT2D eigenvalue weighted by Gasteiger charge is 2.22. The number of nitriles is 1. The molecule has 7 nitrogen and oxygen atoms in total. The lowest BCUT2D eigenvalue weighted by molar-refractivity contribution is -0.128. The SMILES string of the molecule is N#CCOc1ccc(/C=C\C(=O)Oc2ccc(C[C@@H]3COC(=O)N3)cc2)cc1. The van der Waals surface area contributed by atoms with Crippen LogP contribution in [0.2, 0.25) is 0 Å². The van der Waals surface area contributed by atoms with E-state index in [0.717, 1.165) is 11.1 Å². The van der Waals surface area contributed by atoms with Crippen LogP contribution in [0.15, 0.2) is 54.6 Å². The van der Waals surface area contributed by atoms with E-state index >= 15 is 0 Å². The van der Waals surface area contributed by atoms with Crippen LogP contribution in [-0.4, -0.2) is 31.3 Å². The Bertz CT molecular complexity index is 898. The second-order valence-electron chi connectivity index (χ2n) is 6.06. The number of nitrogens with zero attached hydrogens (tertiary/aromatic N) is 1. The second kappa shape index (κ2) is 9.24. The summed E-state index contributed by atoms with van der Waals surface area (Å²) in [5.41, 5.74) is 1.81. The minimum absolute atomic E-state index is 0.0105. The largest absolute Gasteiger partial charge is 0.479 e. The highest BCUT2D eigenvalue weighted by atomic mass is 16.6. The fourth-order valence-electron chi connectivity index (χ4n) is 2.62. The number of cyclic esters (lactones) is 1. The summed E-state index contributed by atoms with van der Waals surface area (Å²) in [6.45, 7) is 0.342. The van der Waals surface area contributed by atoms with Gasteiger partial charge in [0.2, 0.25) is 0 Å². The molecule has 1 atom stereocenters. The molecule has 1 heterocycles. The van der Waals surface area contributed by atoms with Gasteiger partial charge in [0.25, 0.3) is 0 Å². The van der Waals surface area contributed by atoms with Gasteiger partial charge in [0.1, 0.15) is 24.2 Å². The van der Waals surface area contributed by atoms with E-state index in [2.05, 4.69) is 5.32 Å². The average Bonchev–Trinajstić information content (AvgIpc) is 3.12. The standard InChI is InChI=1S/C21H18N2O5/c22-11-12-26-18-6-1-15(2-7-18)5-10-20(24)28-19-8-3-16(4-9-19)13-17-14-27-21(25)23-17/h1-10,17H,12-14H2,(H,23,25)/b10-5-/t17-/m1/s1. The summed E-state index contributed by atoms with van der Waals surface area (Å²) in [5, 5.41) is 11.2. The van der Waals surface area contributed by atoms with Crippen LogP contribution in [0, 0.1) is 11.3 Å². The van der Waals surface area contributed by atoms with Crippen molar-refractivity contribution in [3.05, 3.63) is 65.7 Å². The van der Waals surface area contributed by atoms with Crippen LogP contribution < -0.4 is 14.8 Å². The van der Waals surface area contributed by atoms with Crippen LogP contribution in [0.3, 0.4) is 0 Å². The topological polar surface area (TPSA) is 97.7 Å². The first-order chi connectivity index (χ1) is 13.6. The Morgan fingerprint density at radius 3 is 2.54 bits per heavy atom. The number of esters is 1. The van der Waals surface area contributed by atoms with Gasteiger partial charge in [0.05, 0.1) is 6.04 Å². The number of benzene rings is 2. The maximum atomic E-state index is 12.0. The van der Waals surface area contributed by atoms with Gasteiger partial charge in [-0.05, 0) is 47.9 Å². The molecule has 0 bridgehead atoms. The van der Waals surface area contributed by atoms with Gasteiger partial charge >= 0.3 is 12.1 Å². The molecular formula is C21H18N2O5. The molecule has 1 saturated heterocycles. The first-order valence-electron chi connectivity index (χ1n) is 8.64. The summed E-state index contributed by atoms with van der Waals surface area (Å²) < 4.78 is 15.3. The molecule has 1 aliphatic heterocycles. The highest BCUT2D eigenvalue weighted by Crippen LogP contribution is 2.16. The lowest BCUT2D eigenvalue weighted by atomic mass is 10.1. The maximum absolute atomic E-state index is 12.0. The third-order valence-corrected chi connectivity index (χ3v) is 3.96. The molecule has 28 heavy (non-hydrogen) atoms. The summed E-state index contributed by atoms with van der Waals surface area (Å²) in [7, 11) is 0. The second-order valence-corrected chi connectivity index (χ2v) is 6.06. The number of alkyl carbamates (subject to hydrolysis) is 1.